The van der Waals surface area contributed by atoms with E-state index in [9.17, 15) is 9.59 Å². The van der Waals surface area contributed by atoms with Crippen LogP contribution in [0.15, 0.2) is 77.8 Å². The summed E-state index contributed by atoms with van der Waals surface area (Å²) in [5.41, 5.74) is 10.9. The predicted molar refractivity (Wildman–Crippen MR) is 137 cm³/mol. The number of carbonyl (C=O) groups is 2. The average Bonchev–Trinajstić information content (AvgIpc) is 3.17. The highest BCUT2D eigenvalue weighted by Crippen LogP contribution is 2.37. The molecule has 1 atom stereocenters. The molecule has 3 aromatic rings. The second-order valence-electron chi connectivity index (χ2n) is 8.90. The van der Waals surface area contributed by atoms with Crippen LogP contribution in [0.2, 0.25) is 0 Å². The van der Waals surface area contributed by atoms with E-state index in [1.165, 1.54) is 0 Å². The van der Waals surface area contributed by atoms with Gasteiger partial charge in [-0.15, -0.1) is 0 Å². The topological polar surface area (TPSA) is 96.6 Å². The minimum absolute atomic E-state index is 0.142. The SMILES string of the molecule is CC(C)CCNC(=O)c1ccc2c(c1)C(C(=Nc1ccc(CN)cc1)c1ccccc1)C(=O)N2. The molecule has 4 N–H and O–H groups in total. The summed E-state index contributed by atoms with van der Waals surface area (Å²) >= 11 is 0. The number of fused-ring (bicyclic) bond motifs is 1. The van der Waals surface area contributed by atoms with E-state index in [0.29, 0.717) is 36.0 Å². The lowest BCUT2D eigenvalue weighted by Gasteiger charge is -2.15. The van der Waals surface area contributed by atoms with E-state index < -0.39 is 5.92 Å². The second-order valence-corrected chi connectivity index (χ2v) is 8.90. The van der Waals surface area contributed by atoms with Crippen LogP contribution in [-0.2, 0) is 11.3 Å². The van der Waals surface area contributed by atoms with Crippen molar-refractivity contribution in [1.82, 2.24) is 5.32 Å². The molecule has 0 spiro atoms. The summed E-state index contributed by atoms with van der Waals surface area (Å²) in [6.45, 7) is 5.31. The molecular formula is C28H30N4O2. The number of carbonyl (C=O) groups excluding carboxylic acids is 2. The molecule has 3 aromatic carbocycles. The molecule has 1 heterocycles. The van der Waals surface area contributed by atoms with E-state index >= 15 is 0 Å². The van der Waals surface area contributed by atoms with Gasteiger partial charge in [-0.2, -0.15) is 0 Å². The molecule has 1 aliphatic heterocycles. The summed E-state index contributed by atoms with van der Waals surface area (Å²) in [5.74, 6) is -0.421. The number of nitrogens with two attached hydrogens (primary N) is 1. The molecule has 34 heavy (non-hydrogen) atoms. The first-order chi connectivity index (χ1) is 16.5. The van der Waals surface area contributed by atoms with E-state index in [1.54, 1.807) is 18.2 Å². The number of amides is 2. The minimum atomic E-state index is -0.630. The third-order valence-corrected chi connectivity index (χ3v) is 5.92. The molecule has 1 unspecified atom stereocenters. The van der Waals surface area contributed by atoms with Crippen LogP contribution >= 0.6 is 0 Å². The van der Waals surface area contributed by atoms with Crippen LogP contribution in [0.1, 0.15) is 53.2 Å². The van der Waals surface area contributed by atoms with Gasteiger partial charge in [0.05, 0.1) is 11.4 Å². The monoisotopic (exact) mass is 454 g/mol. The lowest BCUT2D eigenvalue weighted by atomic mass is 9.89. The summed E-state index contributed by atoms with van der Waals surface area (Å²) in [5, 5.41) is 5.93. The number of rotatable bonds is 8. The summed E-state index contributed by atoms with van der Waals surface area (Å²) in [4.78, 5) is 30.8. The van der Waals surface area contributed by atoms with Crippen molar-refractivity contribution in [2.75, 3.05) is 11.9 Å². The van der Waals surface area contributed by atoms with Crippen molar-refractivity contribution in [3.8, 4) is 0 Å². The number of hydrogen-bond donors (Lipinski definition) is 3. The highest BCUT2D eigenvalue weighted by molar-refractivity contribution is 6.24. The first-order valence-electron chi connectivity index (χ1n) is 11.6. The number of nitrogens with one attached hydrogen (secondary N) is 2. The number of benzene rings is 3. The van der Waals surface area contributed by atoms with E-state index in [0.717, 1.165) is 28.8 Å². The van der Waals surface area contributed by atoms with Crippen LogP contribution in [0, 0.1) is 5.92 Å². The molecule has 0 aliphatic carbocycles. The van der Waals surface area contributed by atoms with Crippen LogP contribution < -0.4 is 16.4 Å². The molecule has 4 rings (SSSR count). The van der Waals surface area contributed by atoms with Crippen LogP contribution in [0.3, 0.4) is 0 Å². The van der Waals surface area contributed by atoms with E-state index in [4.69, 9.17) is 10.7 Å². The summed E-state index contributed by atoms with van der Waals surface area (Å²) in [6.07, 6.45) is 0.910. The molecule has 0 saturated carbocycles. The third-order valence-electron chi connectivity index (χ3n) is 5.92. The van der Waals surface area contributed by atoms with Crippen LogP contribution in [0.25, 0.3) is 0 Å². The van der Waals surface area contributed by atoms with Gasteiger partial charge in [0.2, 0.25) is 5.91 Å². The Morgan fingerprint density at radius 2 is 1.76 bits per heavy atom. The maximum atomic E-state index is 13.2. The molecule has 6 nitrogen and oxygen atoms in total. The maximum Gasteiger partial charge on any atom is 0.251 e. The van der Waals surface area contributed by atoms with Crippen molar-refractivity contribution < 1.29 is 9.59 Å². The second kappa shape index (κ2) is 10.4. The fraction of sp³-hybridized carbons (Fsp3) is 0.250. The van der Waals surface area contributed by atoms with Gasteiger partial charge < -0.3 is 16.4 Å². The molecule has 0 saturated heterocycles. The van der Waals surface area contributed by atoms with Crippen molar-refractivity contribution in [2.45, 2.75) is 32.7 Å². The zero-order valence-corrected chi connectivity index (χ0v) is 19.5. The largest absolute Gasteiger partial charge is 0.352 e. The Morgan fingerprint density at radius 3 is 2.44 bits per heavy atom. The van der Waals surface area contributed by atoms with Crippen LogP contribution in [0.5, 0.6) is 0 Å². The van der Waals surface area contributed by atoms with Crippen molar-refractivity contribution in [3.63, 3.8) is 0 Å². The predicted octanol–water partition coefficient (Wildman–Crippen LogP) is 4.78. The molecule has 0 radical (unpaired) electrons. The Morgan fingerprint density at radius 1 is 1.03 bits per heavy atom. The van der Waals surface area contributed by atoms with Crippen molar-refractivity contribution in [2.24, 2.45) is 16.6 Å². The van der Waals surface area contributed by atoms with Crippen molar-refractivity contribution in [3.05, 3.63) is 95.1 Å². The molecule has 6 heteroatoms. The fourth-order valence-electron chi connectivity index (χ4n) is 4.00. The Labute approximate surface area is 200 Å². The molecule has 0 bridgehead atoms. The molecule has 174 valence electrons. The Kier molecular flexibility index (Phi) is 7.18. The molecule has 0 aromatic heterocycles. The van der Waals surface area contributed by atoms with E-state index in [2.05, 4.69) is 24.5 Å². The van der Waals surface area contributed by atoms with E-state index in [1.807, 2.05) is 54.6 Å². The highest BCUT2D eigenvalue weighted by Gasteiger charge is 2.36. The van der Waals surface area contributed by atoms with Gasteiger partial charge in [0.1, 0.15) is 5.92 Å². The smallest absolute Gasteiger partial charge is 0.251 e. The van der Waals surface area contributed by atoms with Crippen LogP contribution in [-0.4, -0.2) is 24.1 Å². The zero-order valence-electron chi connectivity index (χ0n) is 19.5. The van der Waals surface area contributed by atoms with Gasteiger partial charge in [0, 0.05) is 24.3 Å². The lowest BCUT2D eigenvalue weighted by molar-refractivity contribution is -0.115. The number of hydrogen-bond acceptors (Lipinski definition) is 4. The summed E-state index contributed by atoms with van der Waals surface area (Å²) in [6, 6.07) is 22.7. The normalized spacial score (nSPS) is 15.2. The third kappa shape index (κ3) is 5.24. The van der Waals surface area contributed by atoms with Gasteiger partial charge in [-0.3, -0.25) is 14.6 Å². The van der Waals surface area contributed by atoms with Gasteiger partial charge in [0.15, 0.2) is 0 Å². The van der Waals surface area contributed by atoms with Crippen molar-refractivity contribution in [1.29, 1.82) is 0 Å². The van der Waals surface area contributed by atoms with E-state index in [-0.39, 0.29) is 11.8 Å². The molecule has 0 fully saturated rings. The average molecular weight is 455 g/mol. The zero-order chi connectivity index (χ0) is 24.1. The van der Waals surface area contributed by atoms with Gasteiger partial charge >= 0.3 is 0 Å². The van der Waals surface area contributed by atoms with Gasteiger partial charge in [0.25, 0.3) is 5.91 Å². The minimum Gasteiger partial charge on any atom is -0.352 e. The number of aliphatic imine (C=N–C) groups is 1. The first kappa shape index (κ1) is 23.4. The summed E-state index contributed by atoms with van der Waals surface area (Å²) < 4.78 is 0. The molecule has 1 aliphatic rings. The van der Waals surface area contributed by atoms with Crippen molar-refractivity contribution >= 4 is 28.9 Å². The standard InChI is InChI=1S/C28H30N4O2/c1-18(2)14-15-30-27(33)21-10-13-24-23(16-21)25(28(34)32-24)26(20-6-4-3-5-7-20)31-22-11-8-19(17-29)9-12-22/h3-13,16,18,25H,14-15,17,29H2,1-2H3,(H,30,33)(H,32,34). The Hall–Kier alpha value is -3.77. The lowest BCUT2D eigenvalue weighted by Crippen LogP contribution is -2.25. The van der Waals surface area contributed by atoms with Gasteiger partial charge in [-0.05, 0) is 59.4 Å². The fourth-order valence-corrected chi connectivity index (χ4v) is 4.00. The highest BCUT2D eigenvalue weighted by atomic mass is 16.2. The van der Waals surface area contributed by atoms with Gasteiger partial charge in [-0.25, -0.2) is 0 Å². The molecule has 2 amide bonds. The number of anilines is 1. The molecular weight excluding hydrogens is 424 g/mol. The maximum absolute atomic E-state index is 13.2. The Balaban J connectivity index is 1.72. The quantitative estimate of drug-likeness (QED) is 0.428. The first-order valence-corrected chi connectivity index (χ1v) is 11.6. The number of nitrogens with zero attached hydrogens (tertiary/aromatic N) is 1. The summed E-state index contributed by atoms with van der Waals surface area (Å²) in [7, 11) is 0. The van der Waals surface area contributed by atoms with Crippen LogP contribution in [0.4, 0.5) is 11.4 Å². The van der Waals surface area contributed by atoms with Gasteiger partial charge in [-0.1, -0.05) is 56.3 Å². The Bertz CT molecular complexity index is 1200.